The number of methoxy groups -OCH3 is 1. The second kappa shape index (κ2) is 15.1. The smallest absolute Gasteiger partial charge is 0.330 e. The molecule has 1 aliphatic heterocycles. The number of carbonyl (C=O) groups is 1. The number of hydrogen-bond donors (Lipinski definition) is 5. The van der Waals surface area contributed by atoms with Crippen LogP contribution in [-0.2, 0) is 14.3 Å². The predicted octanol–water partition coefficient (Wildman–Crippen LogP) is 3.57. The molecule has 1 rings (SSSR count). The minimum atomic E-state index is -1.99. The van der Waals surface area contributed by atoms with Crippen molar-refractivity contribution in [3.05, 3.63) is 48.1 Å². The van der Waals surface area contributed by atoms with Gasteiger partial charge in [0.1, 0.15) is 11.7 Å². The van der Waals surface area contributed by atoms with Crippen LogP contribution in [0.1, 0.15) is 73.6 Å². The molecule has 0 saturated carbocycles. The predicted molar refractivity (Wildman–Crippen MR) is 148 cm³/mol. The number of aliphatic hydroxyl groups is 5. The zero-order valence-corrected chi connectivity index (χ0v) is 24.1. The van der Waals surface area contributed by atoms with Crippen molar-refractivity contribution in [3.63, 3.8) is 0 Å². The monoisotopic (exact) mass is 538 g/mol. The summed E-state index contributed by atoms with van der Waals surface area (Å²) in [4.78, 5) is 12.8. The molecule has 0 saturated heterocycles. The lowest BCUT2D eigenvalue weighted by Gasteiger charge is -2.39. The van der Waals surface area contributed by atoms with Crippen LogP contribution in [0.25, 0.3) is 0 Å². The van der Waals surface area contributed by atoms with E-state index in [1.165, 1.54) is 26.2 Å². The molecule has 8 nitrogen and oxygen atoms in total. The van der Waals surface area contributed by atoms with Gasteiger partial charge in [0, 0.05) is 25.5 Å². The van der Waals surface area contributed by atoms with Gasteiger partial charge in [-0.05, 0) is 58.3 Å². The molecule has 8 heteroatoms. The fourth-order valence-electron chi connectivity index (χ4n) is 4.35. The SMILES string of the molecule is C=C1C[C@H](O)C/C=C/[C@@H](O)[C@@H](C)/C(C)=C/C(=O)O[C@H](C[C@H](C)[C@H](C)O)[C@@H](C)C/C=C/[C@@](C)(O)[C@@](O)(OC)C1. The highest BCUT2D eigenvalue weighted by molar-refractivity contribution is 5.83. The third-order valence-electron chi connectivity index (χ3n) is 7.74. The van der Waals surface area contributed by atoms with Crippen LogP contribution in [0.3, 0.4) is 0 Å². The summed E-state index contributed by atoms with van der Waals surface area (Å²) in [5.41, 5.74) is -0.631. The van der Waals surface area contributed by atoms with Crippen molar-refractivity contribution in [2.24, 2.45) is 17.8 Å². The average molecular weight is 539 g/mol. The van der Waals surface area contributed by atoms with Crippen molar-refractivity contribution < 1.29 is 39.8 Å². The van der Waals surface area contributed by atoms with Gasteiger partial charge in [-0.1, -0.05) is 62.8 Å². The molecule has 38 heavy (non-hydrogen) atoms. The number of ether oxygens (including phenoxy) is 2. The Morgan fingerprint density at radius 1 is 1.18 bits per heavy atom. The number of rotatable bonds is 4. The maximum Gasteiger partial charge on any atom is 0.330 e. The van der Waals surface area contributed by atoms with Crippen LogP contribution in [0.2, 0.25) is 0 Å². The summed E-state index contributed by atoms with van der Waals surface area (Å²) in [5, 5.41) is 53.3. The summed E-state index contributed by atoms with van der Waals surface area (Å²) < 4.78 is 11.1. The van der Waals surface area contributed by atoms with E-state index in [0.717, 1.165) is 0 Å². The third kappa shape index (κ3) is 10.4. The van der Waals surface area contributed by atoms with Gasteiger partial charge in [0.15, 0.2) is 0 Å². The highest BCUT2D eigenvalue weighted by atomic mass is 16.6. The van der Waals surface area contributed by atoms with Crippen molar-refractivity contribution >= 4 is 5.97 Å². The van der Waals surface area contributed by atoms with E-state index in [1.54, 1.807) is 39.0 Å². The van der Waals surface area contributed by atoms with Crippen molar-refractivity contribution in [1.82, 2.24) is 0 Å². The average Bonchev–Trinajstić information content (AvgIpc) is 2.81. The van der Waals surface area contributed by atoms with Crippen LogP contribution in [0.4, 0.5) is 0 Å². The maximum atomic E-state index is 12.8. The number of cyclic esters (lactones) is 1. The Bertz CT molecular complexity index is 858. The highest BCUT2D eigenvalue weighted by Gasteiger charge is 2.45. The van der Waals surface area contributed by atoms with E-state index < -0.39 is 41.8 Å². The summed E-state index contributed by atoms with van der Waals surface area (Å²) >= 11 is 0. The number of hydrogen-bond acceptors (Lipinski definition) is 8. The molecule has 1 aliphatic rings. The van der Waals surface area contributed by atoms with E-state index >= 15 is 0 Å². The molecule has 0 unspecified atom stereocenters. The molecule has 0 aromatic rings. The van der Waals surface area contributed by atoms with Gasteiger partial charge < -0.3 is 35.0 Å². The summed E-state index contributed by atoms with van der Waals surface area (Å²) in [6.07, 6.45) is 6.19. The normalized spacial score (nSPS) is 39.8. The Hall–Kier alpha value is -1.81. The number of carbonyl (C=O) groups excluding carboxylic acids is 1. The highest BCUT2D eigenvalue weighted by Crippen LogP contribution is 2.33. The zero-order chi connectivity index (χ0) is 29.3. The Morgan fingerprint density at radius 2 is 1.82 bits per heavy atom. The molecule has 0 amide bonds. The van der Waals surface area contributed by atoms with Crippen LogP contribution < -0.4 is 0 Å². The Labute approximate surface area is 228 Å². The first-order valence-electron chi connectivity index (χ1n) is 13.5. The minimum Gasteiger partial charge on any atom is -0.459 e. The molecule has 5 N–H and O–H groups in total. The summed E-state index contributed by atoms with van der Waals surface area (Å²) in [6, 6.07) is 0. The molecule has 1 heterocycles. The largest absolute Gasteiger partial charge is 0.459 e. The van der Waals surface area contributed by atoms with E-state index in [1.807, 2.05) is 13.8 Å². The lowest BCUT2D eigenvalue weighted by atomic mass is 9.86. The lowest BCUT2D eigenvalue weighted by molar-refractivity contribution is -0.265. The Morgan fingerprint density at radius 3 is 2.39 bits per heavy atom. The quantitative estimate of drug-likeness (QED) is 0.208. The minimum absolute atomic E-state index is 0.104. The van der Waals surface area contributed by atoms with Gasteiger partial charge >= 0.3 is 5.97 Å². The fourth-order valence-corrected chi connectivity index (χ4v) is 4.35. The standard InChI is InChI=1S/C30H50O8/c1-19-15-25(32)12-9-13-26(33)23(5)21(3)17-28(34)38-27(16-22(4)24(6)31)20(2)11-10-14-29(7,35)30(36,18-19)37-8/h9-10,13-14,17,20,22-27,31-33,35-36H,1,11-12,15-16,18H2,2-8H3/b13-9+,14-10+,21-17+/t20-,22-,23-,24-,25+,26+,27+,29+,30-/m0/s1. The fraction of sp³-hybridized carbons (Fsp3) is 0.700. The summed E-state index contributed by atoms with van der Waals surface area (Å²) in [6.45, 7) is 14.4. The van der Waals surface area contributed by atoms with Gasteiger partial charge in [0.25, 0.3) is 0 Å². The Kier molecular flexibility index (Phi) is 13.6. The van der Waals surface area contributed by atoms with Crippen LogP contribution in [0.5, 0.6) is 0 Å². The first-order chi connectivity index (χ1) is 17.5. The number of aliphatic hydroxyl groups excluding tert-OH is 3. The van der Waals surface area contributed by atoms with Gasteiger partial charge in [-0.2, -0.15) is 0 Å². The molecule has 0 aromatic heterocycles. The molecule has 0 radical (unpaired) electrons. The molecule has 0 fully saturated rings. The first kappa shape index (κ1) is 34.2. The molecule has 9 atom stereocenters. The molecule has 0 spiro atoms. The second-order valence-electron chi connectivity index (χ2n) is 11.3. The summed E-state index contributed by atoms with van der Waals surface area (Å²) in [5.74, 6) is -3.17. The number of allylic oxidation sites excluding steroid dienone is 1. The van der Waals surface area contributed by atoms with Crippen LogP contribution in [-0.4, -0.2) is 74.4 Å². The van der Waals surface area contributed by atoms with Crippen molar-refractivity contribution in [3.8, 4) is 0 Å². The second-order valence-corrected chi connectivity index (χ2v) is 11.3. The van der Waals surface area contributed by atoms with Gasteiger partial charge in [-0.25, -0.2) is 4.79 Å². The van der Waals surface area contributed by atoms with E-state index in [0.29, 0.717) is 24.0 Å². The maximum absolute atomic E-state index is 12.8. The van der Waals surface area contributed by atoms with Crippen LogP contribution in [0.15, 0.2) is 48.1 Å². The molecule has 0 aliphatic carbocycles. The molecular weight excluding hydrogens is 488 g/mol. The Balaban J connectivity index is 3.37. The van der Waals surface area contributed by atoms with Gasteiger partial charge in [-0.15, -0.1) is 0 Å². The summed E-state index contributed by atoms with van der Waals surface area (Å²) in [7, 11) is 1.29. The van der Waals surface area contributed by atoms with Gasteiger partial charge in [-0.3, -0.25) is 0 Å². The van der Waals surface area contributed by atoms with Crippen molar-refractivity contribution in [2.75, 3.05) is 7.11 Å². The molecule has 0 aromatic carbocycles. The van der Waals surface area contributed by atoms with Crippen molar-refractivity contribution in [2.45, 2.75) is 109 Å². The van der Waals surface area contributed by atoms with Gasteiger partial charge in [0.2, 0.25) is 5.79 Å². The van der Waals surface area contributed by atoms with E-state index in [4.69, 9.17) is 9.47 Å². The lowest BCUT2D eigenvalue weighted by Crippen LogP contribution is -2.52. The molecular formula is C30H50O8. The van der Waals surface area contributed by atoms with Crippen molar-refractivity contribution in [1.29, 1.82) is 0 Å². The topological polar surface area (TPSA) is 137 Å². The van der Waals surface area contributed by atoms with E-state index in [9.17, 15) is 30.3 Å². The number of esters is 1. The first-order valence-corrected chi connectivity index (χ1v) is 13.5. The zero-order valence-electron chi connectivity index (χ0n) is 24.1. The van der Waals surface area contributed by atoms with Gasteiger partial charge in [0.05, 0.1) is 18.3 Å². The van der Waals surface area contributed by atoms with E-state index in [-0.39, 0.29) is 37.0 Å². The van der Waals surface area contributed by atoms with E-state index in [2.05, 4.69) is 6.58 Å². The molecule has 0 bridgehead atoms. The molecule has 218 valence electrons. The van der Waals surface area contributed by atoms with Crippen LogP contribution in [0, 0.1) is 17.8 Å². The van der Waals surface area contributed by atoms with Crippen LogP contribution >= 0.6 is 0 Å². The third-order valence-corrected chi connectivity index (χ3v) is 7.74.